The molecule has 0 spiro atoms. The van der Waals surface area contributed by atoms with E-state index in [1.54, 1.807) is 23.5 Å². The van der Waals surface area contributed by atoms with Crippen LogP contribution in [0.2, 0.25) is 5.02 Å². The van der Waals surface area contributed by atoms with Crippen LogP contribution in [0.1, 0.15) is 23.3 Å². The van der Waals surface area contributed by atoms with E-state index in [4.69, 9.17) is 21.1 Å². The third-order valence-electron chi connectivity index (χ3n) is 4.22. The van der Waals surface area contributed by atoms with Crippen LogP contribution in [0, 0.1) is 6.92 Å². The lowest BCUT2D eigenvalue weighted by molar-refractivity contribution is -0.135. The maximum Gasteiger partial charge on any atom is 0.260 e. The van der Waals surface area contributed by atoms with E-state index in [9.17, 15) is 4.79 Å². The molecule has 2 heterocycles. The number of hydrogen-bond donors (Lipinski definition) is 0. The van der Waals surface area contributed by atoms with Crippen LogP contribution < -0.4 is 4.74 Å². The predicted molar refractivity (Wildman–Crippen MR) is 100 cm³/mol. The van der Waals surface area contributed by atoms with Gasteiger partial charge in [0.2, 0.25) is 0 Å². The maximum absolute atomic E-state index is 12.7. The number of halogens is 1. The van der Waals surface area contributed by atoms with Gasteiger partial charge in [0, 0.05) is 23.1 Å². The normalized spacial score (nSPS) is 16.8. The minimum Gasteiger partial charge on any atom is -0.484 e. The van der Waals surface area contributed by atoms with E-state index in [0.717, 1.165) is 29.9 Å². The van der Waals surface area contributed by atoms with E-state index in [2.05, 4.69) is 0 Å². The van der Waals surface area contributed by atoms with Gasteiger partial charge in [0.25, 0.3) is 5.91 Å². The van der Waals surface area contributed by atoms with Crippen molar-refractivity contribution in [2.45, 2.75) is 32.4 Å². The first-order valence-corrected chi connectivity index (χ1v) is 9.68. The zero-order valence-electron chi connectivity index (χ0n) is 14.2. The Bertz CT molecular complexity index is 699. The van der Waals surface area contributed by atoms with Crippen LogP contribution in [0.15, 0.2) is 35.7 Å². The summed E-state index contributed by atoms with van der Waals surface area (Å²) in [5, 5.41) is 2.72. The zero-order valence-corrected chi connectivity index (χ0v) is 15.8. The first-order chi connectivity index (χ1) is 12.1. The van der Waals surface area contributed by atoms with Crippen LogP contribution in [0.25, 0.3) is 0 Å². The lowest BCUT2D eigenvalue weighted by Gasteiger charge is -2.25. The van der Waals surface area contributed by atoms with E-state index in [1.807, 2.05) is 35.4 Å². The van der Waals surface area contributed by atoms with E-state index in [1.165, 1.54) is 0 Å². The average molecular weight is 380 g/mol. The largest absolute Gasteiger partial charge is 0.484 e. The molecule has 1 aromatic carbocycles. The number of thiophene rings is 1. The van der Waals surface area contributed by atoms with Gasteiger partial charge in [-0.2, -0.15) is 0 Å². The molecule has 0 saturated carbocycles. The summed E-state index contributed by atoms with van der Waals surface area (Å²) in [6, 6.07) is 9.46. The SMILES string of the molecule is Cc1cc(OCC(=O)N(Cc2cccs2)CC2CCCO2)ccc1Cl. The topological polar surface area (TPSA) is 38.8 Å². The summed E-state index contributed by atoms with van der Waals surface area (Å²) in [5.74, 6) is 0.625. The monoisotopic (exact) mass is 379 g/mol. The standard InChI is InChI=1S/C19H22ClNO3S/c1-14-10-15(6-7-18(14)20)24-13-19(22)21(11-16-4-2-8-23-16)12-17-5-3-9-25-17/h3,5-7,9-10,16H,2,4,8,11-13H2,1H3. The quantitative estimate of drug-likeness (QED) is 0.720. The van der Waals surface area contributed by atoms with Gasteiger partial charge in [-0.05, 0) is 55.0 Å². The number of rotatable bonds is 7. The van der Waals surface area contributed by atoms with Crippen molar-refractivity contribution in [2.75, 3.05) is 19.8 Å². The van der Waals surface area contributed by atoms with Crippen LogP contribution in [0.3, 0.4) is 0 Å². The van der Waals surface area contributed by atoms with Gasteiger partial charge in [0.05, 0.1) is 12.6 Å². The Morgan fingerprint density at radius 1 is 1.44 bits per heavy atom. The number of amides is 1. The fourth-order valence-electron chi connectivity index (χ4n) is 2.82. The van der Waals surface area contributed by atoms with Crippen molar-refractivity contribution >= 4 is 28.8 Å². The molecule has 0 radical (unpaired) electrons. The molecule has 1 aliphatic heterocycles. The first kappa shape index (κ1) is 18.2. The number of hydrogen-bond acceptors (Lipinski definition) is 4. The van der Waals surface area contributed by atoms with Crippen LogP contribution in [0.5, 0.6) is 5.75 Å². The van der Waals surface area contributed by atoms with Gasteiger partial charge >= 0.3 is 0 Å². The van der Waals surface area contributed by atoms with Crippen molar-refractivity contribution in [3.05, 3.63) is 51.2 Å². The Labute approximate surface area is 157 Å². The Balaban J connectivity index is 1.61. The second-order valence-corrected chi connectivity index (χ2v) is 7.63. The van der Waals surface area contributed by atoms with Crippen LogP contribution in [-0.2, 0) is 16.1 Å². The lowest BCUT2D eigenvalue weighted by atomic mass is 10.2. The summed E-state index contributed by atoms with van der Waals surface area (Å²) in [6.07, 6.45) is 2.19. The molecule has 1 amide bonds. The highest BCUT2D eigenvalue weighted by Gasteiger charge is 2.23. The Kier molecular flexibility index (Phi) is 6.34. The number of aryl methyl sites for hydroxylation is 1. The molecule has 0 aliphatic carbocycles. The summed E-state index contributed by atoms with van der Waals surface area (Å²) in [5.41, 5.74) is 0.932. The molecule has 6 heteroatoms. The molecular weight excluding hydrogens is 358 g/mol. The van der Waals surface area contributed by atoms with E-state index in [0.29, 0.717) is 23.9 Å². The van der Waals surface area contributed by atoms with Gasteiger partial charge in [0.1, 0.15) is 5.75 Å². The third kappa shape index (κ3) is 5.21. The molecule has 1 saturated heterocycles. The number of carbonyl (C=O) groups is 1. The smallest absolute Gasteiger partial charge is 0.260 e. The molecule has 1 atom stereocenters. The number of carbonyl (C=O) groups excluding carboxylic acids is 1. The van der Waals surface area contributed by atoms with Crippen molar-refractivity contribution < 1.29 is 14.3 Å². The van der Waals surface area contributed by atoms with Gasteiger partial charge in [0.15, 0.2) is 6.61 Å². The molecular formula is C19H22ClNO3S. The molecule has 4 nitrogen and oxygen atoms in total. The Morgan fingerprint density at radius 3 is 3.00 bits per heavy atom. The minimum absolute atomic E-state index is 0.0131. The van der Waals surface area contributed by atoms with Crippen molar-refractivity contribution in [1.29, 1.82) is 0 Å². The lowest BCUT2D eigenvalue weighted by Crippen LogP contribution is -2.39. The van der Waals surface area contributed by atoms with E-state index >= 15 is 0 Å². The highest BCUT2D eigenvalue weighted by atomic mass is 35.5. The zero-order chi connectivity index (χ0) is 17.6. The van der Waals surface area contributed by atoms with Gasteiger partial charge in [-0.3, -0.25) is 4.79 Å². The van der Waals surface area contributed by atoms with Crippen LogP contribution >= 0.6 is 22.9 Å². The molecule has 1 aliphatic rings. The molecule has 0 bridgehead atoms. The predicted octanol–water partition coefficient (Wildman–Crippen LogP) is 4.30. The molecule has 2 aromatic rings. The molecule has 25 heavy (non-hydrogen) atoms. The fourth-order valence-corrected chi connectivity index (χ4v) is 3.66. The van der Waals surface area contributed by atoms with Crippen molar-refractivity contribution in [2.24, 2.45) is 0 Å². The molecule has 1 fully saturated rings. The highest BCUT2D eigenvalue weighted by molar-refractivity contribution is 7.09. The first-order valence-electron chi connectivity index (χ1n) is 8.42. The van der Waals surface area contributed by atoms with Crippen LogP contribution in [0.4, 0.5) is 0 Å². The Hall–Kier alpha value is -1.56. The molecule has 1 aromatic heterocycles. The van der Waals surface area contributed by atoms with Crippen molar-refractivity contribution in [1.82, 2.24) is 4.90 Å². The van der Waals surface area contributed by atoms with Crippen molar-refractivity contribution in [3.63, 3.8) is 0 Å². The fraction of sp³-hybridized carbons (Fsp3) is 0.421. The van der Waals surface area contributed by atoms with Gasteiger partial charge < -0.3 is 14.4 Å². The highest BCUT2D eigenvalue weighted by Crippen LogP contribution is 2.22. The van der Waals surface area contributed by atoms with Crippen molar-refractivity contribution in [3.8, 4) is 5.75 Å². The number of nitrogens with zero attached hydrogens (tertiary/aromatic N) is 1. The average Bonchev–Trinajstić information content (AvgIpc) is 3.29. The summed E-state index contributed by atoms with van der Waals surface area (Å²) in [6.45, 7) is 3.92. The van der Waals surface area contributed by atoms with Gasteiger partial charge in [-0.1, -0.05) is 17.7 Å². The molecule has 0 N–H and O–H groups in total. The Morgan fingerprint density at radius 2 is 2.32 bits per heavy atom. The van der Waals surface area contributed by atoms with Gasteiger partial charge in [-0.15, -0.1) is 11.3 Å². The van der Waals surface area contributed by atoms with E-state index in [-0.39, 0.29) is 18.6 Å². The minimum atomic E-state index is -0.0310. The molecule has 134 valence electrons. The number of ether oxygens (including phenoxy) is 2. The summed E-state index contributed by atoms with van der Waals surface area (Å²) < 4.78 is 11.4. The second kappa shape index (κ2) is 8.70. The van der Waals surface area contributed by atoms with Crippen LogP contribution in [-0.4, -0.2) is 36.7 Å². The van der Waals surface area contributed by atoms with Gasteiger partial charge in [-0.25, -0.2) is 0 Å². The summed E-state index contributed by atoms with van der Waals surface area (Å²) in [7, 11) is 0. The summed E-state index contributed by atoms with van der Waals surface area (Å²) in [4.78, 5) is 15.7. The molecule has 1 unspecified atom stereocenters. The van der Waals surface area contributed by atoms with E-state index < -0.39 is 0 Å². The molecule has 3 rings (SSSR count). The third-order valence-corrected chi connectivity index (χ3v) is 5.50. The summed E-state index contributed by atoms with van der Waals surface area (Å²) >= 11 is 7.68. The maximum atomic E-state index is 12.7. The second-order valence-electron chi connectivity index (χ2n) is 6.19. The number of benzene rings is 1.